The maximum atomic E-state index is 14.3. The fourth-order valence-corrected chi connectivity index (χ4v) is 3.80. The van der Waals surface area contributed by atoms with Crippen molar-refractivity contribution in [1.82, 2.24) is 36.4 Å². The van der Waals surface area contributed by atoms with Gasteiger partial charge in [-0.15, -0.1) is 10.2 Å². The highest BCUT2D eigenvalue weighted by Gasteiger charge is 2.28. The summed E-state index contributed by atoms with van der Waals surface area (Å²) in [5.41, 5.74) is 3.91. The molecule has 2 aromatic carbocycles. The molecule has 0 saturated heterocycles. The molecule has 0 fully saturated rings. The lowest BCUT2D eigenvalue weighted by atomic mass is 10.0. The molecular weight excluding hydrogens is 593 g/mol. The molecule has 2 unspecified atom stereocenters. The average Bonchev–Trinajstić information content (AvgIpc) is 3.52. The van der Waals surface area contributed by atoms with Crippen molar-refractivity contribution in [3.05, 3.63) is 64.7 Å². The summed E-state index contributed by atoms with van der Waals surface area (Å²) in [6, 6.07) is 9.69. The number of nitrogens with zero attached hydrogens (tertiary/aromatic N) is 4. The number of methoxy groups -OCH3 is 1. The summed E-state index contributed by atoms with van der Waals surface area (Å²) < 4.78 is 28.5. The Balaban J connectivity index is 1.64. The number of hydrogen-bond donors (Lipinski definition) is 4. The van der Waals surface area contributed by atoms with Crippen LogP contribution in [-0.4, -0.2) is 87.3 Å². The summed E-state index contributed by atoms with van der Waals surface area (Å²) in [6.07, 6.45) is -2.66. The lowest BCUT2D eigenvalue weighted by molar-refractivity contribution is -0.175. The fraction of sp³-hybridized carbons (Fsp3) is 0.346. The summed E-state index contributed by atoms with van der Waals surface area (Å²) in [4.78, 5) is 48.8. The zero-order chi connectivity index (χ0) is 31.5. The van der Waals surface area contributed by atoms with Crippen LogP contribution in [0.3, 0.4) is 0 Å². The number of ether oxygens (including phenoxy) is 3. The Hall–Kier alpha value is -4.67. The van der Waals surface area contributed by atoms with Gasteiger partial charge in [-0.25, -0.2) is 23.8 Å². The number of aliphatic hydroxyl groups excluding tert-OH is 1. The van der Waals surface area contributed by atoms with Gasteiger partial charge in [0.1, 0.15) is 11.9 Å². The van der Waals surface area contributed by atoms with E-state index in [-0.39, 0.29) is 18.3 Å². The minimum atomic E-state index is -1.81. The number of carbonyl (C=O) groups is 4. The largest absolute Gasteiger partial charge is 0.453 e. The number of H-pyrrole nitrogens is 1. The number of rotatable bonds is 13. The van der Waals surface area contributed by atoms with E-state index in [1.54, 1.807) is 38.1 Å². The molecule has 2 amide bonds. The minimum Gasteiger partial charge on any atom is -0.453 e. The molecule has 3 aromatic rings. The minimum absolute atomic E-state index is 0.0313. The summed E-state index contributed by atoms with van der Waals surface area (Å²) in [5, 5.41) is 27.0. The van der Waals surface area contributed by atoms with Crippen LogP contribution in [0.25, 0.3) is 11.1 Å². The molecule has 17 heteroatoms. The van der Waals surface area contributed by atoms with Gasteiger partial charge in [0, 0.05) is 17.1 Å². The maximum Gasteiger partial charge on any atom is 0.407 e. The van der Waals surface area contributed by atoms with Crippen molar-refractivity contribution in [3.63, 3.8) is 0 Å². The Morgan fingerprint density at radius 1 is 1.09 bits per heavy atom. The quantitative estimate of drug-likeness (QED) is 0.122. The second-order valence-corrected chi connectivity index (χ2v) is 9.73. The maximum absolute atomic E-state index is 14.3. The molecule has 0 spiro atoms. The van der Waals surface area contributed by atoms with Crippen LogP contribution >= 0.6 is 11.6 Å². The molecule has 3 rings (SSSR count). The van der Waals surface area contributed by atoms with Crippen molar-refractivity contribution < 1.29 is 42.9 Å². The molecule has 2 atom stereocenters. The Morgan fingerprint density at radius 2 is 1.79 bits per heavy atom. The molecule has 0 radical (unpaired) electrons. The zero-order valence-electron chi connectivity index (χ0n) is 23.2. The molecule has 0 aliphatic carbocycles. The highest BCUT2D eigenvalue weighted by molar-refractivity contribution is 6.30. The Labute approximate surface area is 249 Å². The van der Waals surface area contributed by atoms with Gasteiger partial charge in [-0.2, -0.15) is 5.21 Å². The number of aliphatic hydroxyl groups is 1. The van der Waals surface area contributed by atoms with E-state index >= 15 is 0 Å². The van der Waals surface area contributed by atoms with E-state index < -0.39 is 55.2 Å². The van der Waals surface area contributed by atoms with Gasteiger partial charge in [-0.1, -0.05) is 49.7 Å². The zero-order valence-corrected chi connectivity index (χ0v) is 24.0. The van der Waals surface area contributed by atoms with E-state index in [0.717, 1.165) is 7.11 Å². The first-order valence-corrected chi connectivity index (χ1v) is 13.1. The van der Waals surface area contributed by atoms with Crippen LogP contribution in [0, 0.1) is 11.7 Å². The van der Waals surface area contributed by atoms with Gasteiger partial charge >= 0.3 is 23.9 Å². The Bertz CT molecular complexity index is 1410. The first-order valence-electron chi connectivity index (χ1n) is 12.7. The first kappa shape index (κ1) is 32.8. The van der Waals surface area contributed by atoms with Crippen LogP contribution in [0.5, 0.6) is 0 Å². The smallest absolute Gasteiger partial charge is 0.407 e. The predicted molar refractivity (Wildman–Crippen MR) is 146 cm³/mol. The lowest BCUT2D eigenvalue weighted by Crippen LogP contribution is -2.48. The summed E-state index contributed by atoms with van der Waals surface area (Å²) in [6.45, 7) is 1.95. The molecule has 1 aromatic heterocycles. The SMILES string of the molecule is COC(=O)NC(C(=O)OCOC(=O)C(O)CN(Cc1ccc(-c2cc(Cl)ccc2F)cc1)NC(=O)c1nn[nH]n1)C(C)C. The number of benzene rings is 2. The number of aromatic nitrogens is 4. The van der Waals surface area contributed by atoms with Gasteiger partial charge < -0.3 is 24.6 Å². The standard InChI is InChI=1S/C26H29ClFN7O8/c1-14(2)21(29-26(40)41-3)25(39)43-13-42-24(38)20(36)12-35(32-23(37)22-30-33-34-31-22)11-15-4-6-16(7-5-15)18-10-17(27)8-9-19(18)28/h4-10,14,20-21,36H,11-13H2,1-3H3,(H,29,40)(H,32,37)(H,30,31,33,34). The molecule has 4 N–H and O–H groups in total. The van der Waals surface area contributed by atoms with Gasteiger partial charge in [0.05, 0.1) is 13.7 Å². The van der Waals surface area contributed by atoms with Crippen LogP contribution in [0.15, 0.2) is 42.5 Å². The van der Waals surface area contributed by atoms with Crippen molar-refractivity contribution in [1.29, 1.82) is 0 Å². The van der Waals surface area contributed by atoms with Crippen LogP contribution in [0.2, 0.25) is 5.02 Å². The van der Waals surface area contributed by atoms with Crippen molar-refractivity contribution in [2.24, 2.45) is 5.92 Å². The second-order valence-electron chi connectivity index (χ2n) is 9.30. The molecule has 1 heterocycles. The summed E-state index contributed by atoms with van der Waals surface area (Å²) in [7, 11) is 1.13. The number of tetrazole rings is 1. The molecule has 0 aliphatic heterocycles. The third kappa shape index (κ3) is 9.69. The summed E-state index contributed by atoms with van der Waals surface area (Å²) >= 11 is 5.99. The Kier molecular flexibility index (Phi) is 11.9. The summed E-state index contributed by atoms with van der Waals surface area (Å²) in [5.74, 6) is -3.99. The Morgan fingerprint density at radius 3 is 2.42 bits per heavy atom. The number of aromatic amines is 1. The number of esters is 2. The number of hydrazine groups is 1. The number of carbonyl (C=O) groups excluding carboxylic acids is 4. The average molecular weight is 622 g/mol. The van der Waals surface area contributed by atoms with Crippen LogP contribution in [0.4, 0.5) is 9.18 Å². The van der Waals surface area contributed by atoms with Crippen molar-refractivity contribution in [3.8, 4) is 11.1 Å². The predicted octanol–water partition coefficient (Wildman–Crippen LogP) is 1.59. The van der Waals surface area contributed by atoms with Crippen LogP contribution in [0.1, 0.15) is 30.0 Å². The number of alkyl carbamates (subject to hydrolysis) is 1. The number of nitrogens with one attached hydrogen (secondary N) is 3. The topological polar surface area (TPSA) is 198 Å². The van der Waals surface area contributed by atoms with E-state index in [1.165, 1.54) is 23.2 Å². The van der Waals surface area contributed by atoms with Gasteiger partial charge in [0.2, 0.25) is 6.79 Å². The molecular formula is C26H29ClFN7O8. The van der Waals surface area contributed by atoms with E-state index in [0.29, 0.717) is 21.7 Å². The van der Waals surface area contributed by atoms with Gasteiger partial charge in [-0.05, 0) is 40.5 Å². The normalized spacial score (nSPS) is 12.4. The molecule has 0 bridgehead atoms. The van der Waals surface area contributed by atoms with E-state index in [2.05, 4.69) is 36.1 Å². The molecule has 0 aliphatic rings. The molecule has 15 nitrogen and oxygen atoms in total. The van der Waals surface area contributed by atoms with E-state index in [1.807, 2.05) is 0 Å². The van der Waals surface area contributed by atoms with Crippen molar-refractivity contribution in [2.75, 3.05) is 20.4 Å². The second kappa shape index (κ2) is 15.5. The number of amides is 2. The number of hydrogen-bond acceptors (Lipinski definition) is 12. The highest BCUT2D eigenvalue weighted by Crippen LogP contribution is 2.26. The molecule has 43 heavy (non-hydrogen) atoms. The van der Waals surface area contributed by atoms with Crippen LogP contribution in [-0.2, 0) is 30.3 Å². The third-order valence-electron chi connectivity index (χ3n) is 5.82. The first-order chi connectivity index (χ1) is 20.5. The lowest BCUT2D eigenvalue weighted by Gasteiger charge is -2.25. The third-order valence-corrected chi connectivity index (χ3v) is 6.06. The van der Waals surface area contributed by atoms with Crippen LogP contribution < -0.4 is 10.7 Å². The van der Waals surface area contributed by atoms with Gasteiger partial charge in [-0.3, -0.25) is 10.2 Å². The van der Waals surface area contributed by atoms with Gasteiger partial charge in [0.25, 0.3) is 5.82 Å². The van der Waals surface area contributed by atoms with E-state index in [4.69, 9.17) is 21.1 Å². The van der Waals surface area contributed by atoms with Gasteiger partial charge in [0.15, 0.2) is 6.10 Å². The number of halogens is 2. The van der Waals surface area contributed by atoms with E-state index in [9.17, 15) is 28.7 Å². The molecule has 230 valence electrons. The highest BCUT2D eigenvalue weighted by atomic mass is 35.5. The van der Waals surface area contributed by atoms with Crippen molar-refractivity contribution >= 4 is 35.5 Å². The monoisotopic (exact) mass is 621 g/mol. The van der Waals surface area contributed by atoms with Crippen molar-refractivity contribution in [2.45, 2.75) is 32.5 Å². The fourth-order valence-electron chi connectivity index (χ4n) is 3.63. The molecule has 0 saturated carbocycles.